The van der Waals surface area contributed by atoms with Crippen LogP contribution in [0.5, 0.6) is 0 Å². The molecule has 0 saturated heterocycles. The highest BCUT2D eigenvalue weighted by Gasteiger charge is 2.12. The minimum atomic E-state index is -0.666. The van der Waals surface area contributed by atoms with Gasteiger partial charge in [0.2, 0.25) is 5.91 Å². The van der Waals surface area contributed by atoms with Crippen LogP contribution in [0.4, 0.5) is 14.5 Å². The second-order valence-corrected chi connectivity index (χ2v) is 4.97. The number of hydrogen-bond acceptors (Lipinski definition) is 4. The van der Waals surface area contributed by atoms with Gasteiger partial charge in [0, 0.05) is 6.54 Å². The lowest BCUT2D eigenvalue weighted by Crippen LogP contribution is -2.28. The van der Waals surface area contributed by atoms with Gasteiger partial charge in [-0.25, -0.2) is 13.6 Å². The minimum absolute atomic E-state index is 0.0988. The molecule has 126 valence electrons. The molecule has 0 aliphatic carbocycles. The standard InChI is InChI=1S/C17H16F2N2O3/c1-24-17(23)12-5-6-14(19)15(8-12)21-16(22)10-20-9-11-3-2-4-13(18)7-11/h2-8,20H,9-10H2,1H3,(H,21,22). The van der Waals surface area contributed by atoms with Gasteiger partial charge < -0.3 is 15.4 Å². The lowest BCUT2D eigenvalue weighted by Gasteiger charge is -2.09. The van der Waals surface area contributed by atoms with Crippen LogP contribution in [0, 0.1) is 11.6 Å². The number of amides is 1. The summed E-state index contributed by atoms with van der Waals surface area (Å²) in [5, 5.41) is 5.19. The van der Waals surface area contributed by atoms with E-state index >= 15 is 0 Å². The number of carbonyl (C=O) groups is 2. The SMILES string of the molecule is COC(=O)c1ccc(F)c(NC(=O)CNCc2cccc(F)c2)c1. The van der Waals surface area contributed by atoms with E-state index in [1.54, 1.807) is 12.1 Å². The van der Waals surface area contributed by atoms with Crippen molar-refractivity contribution >= 4 is 17.6 Å². The second kappa shape index (κ2) is 8.16. The topological polar surface area (TPSA) is 67.4 Å². The van der Waals surface area contributed by atoms with Crippen LogP contribution in [-0.4, -0.2) is 25.5 Å². The molecule has 2 aromatic carbocycles. The van der Waals surface area contributed by atoms with Gasteiger partial charge in [-0.3, -0.25) is 4.79 Å². The molecule has 1 amide bonds. The quantitative estimate of drug-likeness (QED) is 0.797. The van der Waals surface area contributed by atoms with Crippen molar-refractivity contribution in [2.45, 2.75) is 6.54 Å². The Balaban J connectivity index is 1.91. The maximum Gasteiger partial charge on any atom is 0.337 e. The number of methoxy groups -OCH3 is 1. The van der Waals surface area contributed by atoms with E-state index in [1.165, 1.54) is 31.4 Å². The highest BCUT2D eigenvalue weighted by atomic mass is 19.1. The molecule has 0 spiro atoms. The number of hydrogen-bond donors (Lipinski definition) is 2. The van der Waals surface area contributed by atoms with E-state index in [4.69, 9.17) is 0 Å². The Labute approximate surface area is 137 Å². The molecule has 0 fully saturated rings. The van der Waals surface area contributed by atoms with Gasteiger partial charge in [0.05, 0.1) is 24.9 Å². The molecular formula is C17H16F2N2O3. The van der Waals surface area contributed by atoms with Gasteiger partial charge in [-0.1, -0.05) is 12.1 Å². The normalized spacial score (nSPS) is 10.3. The number of nitrogens with one attached hydrogen (secondary N) is 2. The smallest absolute Gasteiger partial charge is 0.337 e. The van der Waals surface area contributed by atoms with Crippen LogP contribution in [0.2, 0.25) is 0 Å². The first-order valence-electron chi connectivity index (χ1n) is 7.12. The summed E-state index contributed by atoms with van der Waals surface area (Å²) < 4.78 is 31.3. The number of carbonyl (C=O) groups excluding carboxylic acids is 2. The predicted molar refractivity (Wildman–Crippen MR) is 84.5 cm³/mol. The van der Waals surface area contributed by atoms with Crippen molar-refractivity contribution in [3.63, 3.8) is 0 Å². The van der Waals surface area contributed by atoms with E-state index in [9.17, 15) is 18.4 Å². The Morgan fingerprint density at radius 2 is 1.92 bits per heavy atom. The molecular weight excluding hydrogens is 318 g/mol. The summed E-state index contributed by atoms with van der Waals surface area (Å²) in [7, 11) is 1.21. The zero-order valence-electron chi connectivity index (χ0n) is 12.9. The van der Waals surface area contributed by atoms with E-state index in [2.05, 4.69) is 15.4 Å². The van der Waals surface area contributed by atoms with Crippen molar-refractivity contribution in [2.24, 2.45) is 0 Å². The Bertz CT molecular complexity index is 750. The first-order chi connectivity index (χ1) is 11.5. The molecule has 2 aromatic rings. The van der Waals surface area contributed by atoms with Crippen molar-refractivity contribution in [3.8, 4) is 0 Å². The van der Waals surface area contributed by atoms with Crippen molar-refractivity contribution in [2.75, 3.05) is 19.0 Å². The van der Waals surface area contributed by atoms with Gasteiger partial charge in [-0.15, -0.1) is 0 Å². The monoisotopic (exact) mass is 334 g/mol. The van der Waals surface area contributed by atoms with E-state index in [0.29, 0.717) is 5.56 Å². The fourth-order valence-corrected chi connectivity index (χ4v) is 2.03. The molecule has 24 heavy (non-hydrogen) atoms. The van der Waals surface area contributed by atoms with Gasteiger partial charge in [-0.2, -0.15) is 0 Å². The maximum atomic E-state index is 13.7. The number of benzene rings is 2. The summed E-state index contributed by atoms with van der Waals surface area (Å²) in [6.07, 6.45) is 0. The highest BCUT2D eigenvalue weighted by Crippen LogP contribution is 2.16. The third-order valence-electron chi connectivity index (χ3n) is 3.17. The Morgan fingerprint density at radius 1 is 1.12 bits per heavy atom. The first kappa shape index (κ1) is 17.6. The summed E-state index contributed by atoms with van der Waals surface area (Å²) in [6.45, 7) is 0.189. The maximum absolute atomic E-state index is 13.7. The molecule has 0 unspecified atom stereocenters. The molecule has 0 bridgehead atoms. The van der Waals surface area contributed by atoms with Crippen molar-refractivity contribution < 1.29 is 23.1 Å². The molecule has 5 nitrogen and oxygen atoms in total. The summed E-state index contributed by atoms with van der Waals surface area (Å²) in [5.74, 6) is -2.15. The Hall–Kier alpha value is -2.80. The molecule has 0 aliphatic heterocycles. The first-order valence-corrected chi connectivity index (χ1v) is 7.12. The molecule has 0 aromatic heterocycles. The third kappa shape index (κ3) is 4.85. The molecule has 7 heteroatoms. The lowest BCUT2D eigenvalue weighted by atomic mass is 10.2. The fourth-order valence-electron chi connectivity index (χ4n) is 2.03. The second-order valence-electron chi connectivity index (χ2n) is 4.97. The van der Waals surface area contributed by atoms with Crippen LogP contribution in [0.15, 0.2) is 42.5 Å². The van der Waals surface area contributed by atoms with Gasteiger partial charge in [0.1, 0.15) is 11.6 Å². The average Bonchev–Trinajstić information content (AvgIpc) is 2.56. The average molecular weight is 334 g/mol. The van der Waals surface area contributed by atoms with Crippen LogP contribution in [0.25, 0.3) is 0 Å². The van der Waals surface area contributed by atoms with Crippen molar-refractivity contribution in [3.05, 3.63) is 65.2 Å². The van der Waals surface area contributed by atoms with Gasteiger partial charge in [0.25, 0.3) is 0 Å². The predicted octanol–water partition coefficient (Wildman–Crippen LogP) is 2.48. The summed E-state index contributed by atoms with van der Waals surface area (Å²) in [6, 6.07) is 9.50. The number of halogens is 2. The molecule has 0 radical (unpaired) electrons. The van der Waals surface area contributed by atoms with Crippen LogP contribution >= 0.6 is 0 Å². The summed E-state index contributed by atoms with van der Waals surface area (Å²) >= 11 is 0. The Morgan fingerprint density at radius 3 is 2.62 bits per heavy atom. The molecule has 0 atom stereocenters. The van der Waals surface area contributed by atoms with Gasteiger partial charge >= 0.3 is 5.97 Å². The lowest BCUT2D eigenvalue weighted by molar-refractivity contribution is -0.115. The largest absolute Gasteiger partial charge is 0.465 e. The van der Waals surface area contributed by atoms with Crippen molar-refractivity contribution in [1.82, 2.24) is 5.32 Å². The minimum Gasteiger partial charge on any atom is -0.465 e. The molecule has 2 N–H and O–H groups in total. The van der Waals surface area contributed by atoms with E-state index in [1.807, 2.05) is 0 Å². The molecule has 0 saturated carbocycles. The number of anilines is 1. The van der Waals surface area contributed by atoms with E-state index in [-0.39, 0.29) is 30.2 Å². The fraction of sp³-hybridized carbons (Fsp3) is 0.176. The zero-order chi connectivity index (χ0) is 17.5. The van der Waals surface area contributed by atoms with Crippen molar-refractivity contribution in [1.29, 1.82) is 0 Å². The molecule has 0 heterocycles. The van der Waals surface area contributed by atoms with Gasteiger partial charge in [-0.05, 0) is 35.9 Å². The Kier molecular flexibility index (Phi) is 5.97. The van der Waals surface area contributed by atoms with E-state index < -0.39 is 17.7 Å². The molecule has 2 rings (SSSR count). The third-order valence-corrected chi connectivity index (χ3v) is 3.17. The summed E-state index contributed by atoms with van der Waals surface area (Å²) in [4.78, 5) is 23.3. The molecule has 0 aliphatic rings. The summed E-state index contributed by atoms with van der Waals surface area (Å²) in [5.41, 5.74) is 0.694. The van der Waals surface area contributed by atoms with Crippen LogP contribution in [-0.2, 0) is 16.1 Å². The van der Waals surface area contributed by atoms with Crippen LogP contribution in [0.1, 0.15) is 15.9 Å². The zero-order valence-corrected chi connectivity index (χ0v) is 12.9. The van der Waals surface area contributed by atoms with Crippen LogP contribution < -0.4 is 10.6 Å². The number of esters is 1. The number of rotatable bonds is 6. The van der Waals surface area contributed by atoms with E-state index in [0.717, 1.165) is 6.07 Å². The highest BCUT2D eigenvalue weighted by molar-refractivity contribution is 5.95. The number of ether oxygens (including phenoxy) is 1. The van der Waals surface area contributed by atoms with Gasteiger partial charge in [0.15, 0.2) is 0 Å². The van der Waals surface area contributed by atoms with Crippen LogP contribution in [0.3, 0.4) is 0 Å².